The summed E-state index contributed by atoms with van der Waals surface area (Å²) in [6.07, 6.45) is 14.2. The minimum Gasteiger partial charge on any atom is -0.330 e. The van der Waals surface area contributed by atoms with Gasteiger partial charge in [-0.25, -0.2) is 0 Å². The fraction of sp³-hybridized carbons (Fsp3) is 0.857. The second-order valence-corrected chi connectivity index (χ2v) is 5.61. The summed E-state index contributed by atoms with van der Waals surface area (Å²) in [7, 11) is 0. The SMILES string of the molecule is NCC1(CN2CC=CCC2)CCCCCC1. The Bertz CT molecular complexity index is 227. The predicted molar refractivity (Wildman–Crippen MR) is 69.4 cm³/mol. The molecule has 0 unspecified atom stereocenters. The monoisotopic (exact) mass is 222 g/mol. The van der Waals surface area contributed by atoms with E-state index in [4.69, 9.17) is 5.73 Å². The molecule has 0 saturated heterocycles. The Morgan fingerprint density at radius 2 is 1.81 bits per heavy atom. The number of rotatable bonds is 3. The van der Waals surface area contributed by atoms with E-state index in [1.165, 1.54) is 58.0 Å². The van der Waals surface area contributed by atoms with Gasteiger partial charge < -0.3 is 5.73 Å². The summed E-state index contributed by atoms with van der Waals surface area (Å²) < 4.78 is 0. The van der Waals surface area contributed by atoms with Gasteiger partial charge >= 0.3 is 0 Å². The van der Waals surface area contributed by atoms with Crippen LogP contribution in [0.4, 0.5) is 0 Å². The van der Waals surface area contributed by atoms with Crippen LogP contribution < -0.4 is 5.73 Å². The Labute approximate surface area is 99.9 Å². The van der Waals surface area contributed by atoms with Crippen molar-refractivity contribution in [3.8, 4) is 0 Å². The van der Waals surface area contributed by atoms with E-state index in [9.17, 15) is 0 Å². The van der Waals surface area contributed by atoms with Crippen molar-refractivity contribution < 1.29 is 0 Å². The van der Waals surface area contributed by atoms with Crippen LogP contribution >= 0.6 is 0 Å². The van der Waals surface area contributed by atoms with E-state index in [1.807, 2.05) is 0 Å². The lowest BCUT2D eigenvalue weighted by Crippen LogP contribution is -2.43. The Morgan fingerprint density at radius 3 is 2.38 bits per heavy atom. The highest BCUT2D eigenvalue weighted by Gasteiger charge is 2.31. The van der Waals surface area contributed by atoms with Crippen LogP contribution in [0, 0.1) is 5.41 Å². The van der Waals surface area contributed by atoms with E-state index >= 15 is 0 Å². The molecule has 1 aliphatic heterocycles. The number of hydrogen-bond acceptors (Lipinski definition) is 2. The van der Waals surface area contributed by atoms with Crippen molar-refractivity contribution in [1.82, 2.24) is 4.90 Å². The fourth-order valence-corrected chi connectivity index (χ4v) is 3.21. The summed E-state index contributed by atoms with van der Waals surface area (Å²) in [4.78, 5) is 2.60. The zero-order valence-electron chi connectivity index (χ0n) is 10.5. The molecule has 1 aliphatic carbocycles. The predicted octanol–water partition coefficient (Wildman–Crippen LogP) is 2.55. The van der Waals surface area contributed by atoms with Crippen LogP contribution in [0.15, 0.2) is 12.2 Å². The zero-order valence-corrected chi connectivity index (χ0v) is 10.5. The van der Waals surface area contributed by atoms with E-state index in [0.29, 0.717) is 5.41 Å². The van der Waals surface area contributed by atoms with Crippen LogP contribution in [0.5, 0.6) is 0 Å². The highest BCUT2D eigenvalue weighted by molar-refractivity contribution is 4.94. The maximum absolute atomic E-state index is 6.08. The van der Waals surface area contributed by atoms with Crippen LogP contribution in [0.25, 0.3) is 0 Å². The molecule has 2 aliphatic rings. The summed E-state index contributed by atoms with van der Waals surface area (Å²) in [6.45, 7) is 4.49. The minimum atomic E-state index is 0.432. The molecule has 0 bridgehead atoms. The van der Waals surface area contributed by atoms with Crippen molar-refractivity contribution in [2.24, 2.45) is 11.1 Å². The summed E-state index contributed by atoms with van der Waals surface area (Å²) in [5.74, 6) is 0. The topological polar surface area (TPSA) is 29.3 Å². The molecule has 16 heavy (non-hydrogen) atoms. The third-order valence-electron chi connectivity index (χ3n) is 4.30. The number of nitrogens with two attached hydrogens (primary N) is 1. The standard InChI is InChI=1S/C14H26N2/c15-12-14(8-4-1-2-5-9-14)13-16-10-6-3-7-11-16/h3,6H,1-2,4-5,7-13,15H2. The highest BCUT2D eigenvalue weighted by Crippen LogP contribution is 2.35. The van der Waals surface area contributed by atoms with E-state index in [1.54, 1.807) is 0 Å². The Hall–Kier alpha value is -0.340. The van der Waals surface area contributed by atoms with Gasteiger partial charge in [0.25, 0.3) is 0 Å². The van der Waals surface area contributed by atoms with Gasteiger partial charge in [0.1, 0.15) is 0 Å². The van der Waals surface area contributed by atoms with Gasteiger partial charge in [0, 0.05) is 19.6 Å². The van der Waals surface area contributed by atoms with E-state index < -0.39 is 0 Å². The van der Waals surface area contributed by atoms with Crippen molar-refractivity contribution in [3.05, 3.63) is 12.2 Å². The van der Waals surface area contributed by atoms with Crippen LogP contribution in [0.2, 0.25) is 0 Å². The third kappa shape index (κ3) is 3.08. The second kappa shape index (κ2) is 5.83. The smallest absolute Gasteiger partial charge is 0.0163 e. The van der Waals surface area contributed by atoms with Gasteiger partial charge in [-0.15, -0.1) is 0 Å². The van der Waals surface area contributed by atoms with Crippen LogP contribution in [-0.2, 0) is 0 Å². The van der Waals surface area contributed by atoms with E-state index in [2.05, 4.69) is 17.1 Å². The van der Waals surface area contributed by atoms with Crippen molar-refractivity contribution in [2.75, 3.05) is 26.2 Å². The molecule has 2 heteroatoms. The molecule has 0 atom stereocenters. The first kappa shape index (κ1) is 12.1. The molecule has 0 spiro atoms. The lowest BCUT2D eigenvalue weighted by Gasteiger charge is -2.37. The van der Waals surface area contributed by atoms with Gasteiger partial charge in [-0.2, -0.15) is 0 Å². The van der Waals surface area contributed by atoms with Crippen molar-refractivity contribution in [1.29, 1.82) is 0 Å². The van der Waals surface area contributed by atoms with E-state index in [-0.39, 0.29) is 0 Å². The summed E-state index contributed by atoms with van der Waals surface area (Å²) in [6, 6.07) is 0. The molecule has 0 aromatic rings. The molecule has 0 radical (unpaired) electrons. The summed E-state index contributed by atoms with van der Waals surface area (Å²) in [5, 5.41) is 0. The molecule has 0 amide bonds. The molecule has 1 saturated carbocycles. The number of hydrogen-bond donors (Lipinski definition) is 1. The average Bonchev–Trinajstić information content (AvgIpc) is 2.57. The molecule has 2 nitrogen and oxygen atoms in total. The van der Waals surface area contributed by atoms with Crippen molar-refractivity contribution >= 4 is 0 Å². The van der Waals surface area contributed by atoms with Crippen molar-refractivity contribution in [2.45, 2.75) is 44.9 Å². The third-order valence-corrected chi connectivity index (χ3v) is 4.30. The zero-order chi connectivity index (χ0) is 11.3. The van der Waals surface area contributed by atoms with Crippen LogP contribution in [-0.4, -0.2) is 31.1 Å². The Kier molecular flexibility index (Phi) is 4.42. The van der Waals surface area contributed by atoms with Gasteiger partial charge in [-0.1, -0.05) is 37.8 Å². The lowest BCUT2D eigenvalue weighted by molar-refractivity contribution is 0.144. The number of nitrogens with zero attached hydrogens (tertiary/aromatic N) is 1. The lowest BCUT2D eigenvalue weighted by atomic mass is 9.79. The molecule has 0 aromatic heterocycles. The molecular formula is C14H26N2. The largest absolute Gasteiger partial charge is 0.330 e. The second-order valence-electron chi connectivity index (χ2n) is 5.61. The van der Waals surface area contributed by atoms with Gasteiger partial charge in [0.05, 0.1) is 0 Å². The minimum absolute atomic E-state index is 0.432. The maximum Gasteiger partial charge on any atom is 0.0163 e. The first-order valence-electron chi connectivity index (χ1n) is 6.92. The normalized spacial score (nSPS) is 26.6. The quantitative estimate of drug-likeness (QED) is 0.587. The van der Waals surface area contributed by atoms with Gasteiger partial charge in [-0.3, -0.25) is 4.90 Å². The van der Waals surface area contributed by atoms with Gasteiger partial charge in [-0.05, 0) is 31.2 Å². The van der Waals surface area contributed by atoms with Crippen LogP contribution in [0.3, 0.4) is 0 Å². The average molecular weight is 222 g/mol. The maximum atomic E-state index is 6.08. The highest BCUT2D eigenvalue weighted by atomic mass is 15.1. The van der Waals surface area contributed by atoms with Crippen molar-refractivity contribution in [3.63, 3.8) is 0 Å². The first-order chi connectivity index (χ1) is 7.85. The molecule has 2 rings (SSSR count). The van der Waals surface area contributed by atoms with Gasteiger partial charge in [0.15, 0.2) is 0 Å². The molecule has 0 aromatic carbocycles. The van der Waals surface area contributed by atoms with Gasteiger partial charge in [0.2, 0.25) is 0 Å². The first-order valence-corrected chi connectivity index (χ1v) is 6.92. The summed E-state index contributed by atoms with van der Waals surface area (Å²) in [5.41, 5.74) is 6.51. The fourth-order valence-electron chi connectivity index (χ4n) is 3.21. The van der Waals surface area contributed by atoms with Crippen LogP contribution in [0.1, 0.15) is 44.9 Å². The Balaban J connectivity index is 1.93. The molecule has 2 N–H and O–H groups in total. The van der Waals surface area contributed by atoms with E-state index in [0.717, 1.165) is 13.1 Å². The molecular weight excluding hydrogens is 196 g/mol. The molecule has 1 fully saturated rings. The molecule has 92 valence electrons. The summed E-state index contributed by atoms with van der Waals surface area (Å²) >= 11 is 0. The molecule has 1 heterocycles. The Morgan fingerprint density at radius 1 is 1.06 bits per heavy atom.